The second-order valence-electron chi connectivity index (χ2n) is 4.61. The molecule has 96 valence electrons. The molecule has 4 heteroatoms. The Labute approximate surface area is 104 Å². The van der Waals surface area contributed by atoms with E-state index < -0.39 is 0 Å². The van der Waals surface area contributed by atoms with Crippen LogP contribution in [0.4, 0.5) is 0 Å². The summed E-state index contributed by atoms with van der Waals surface area (Å²) in [6, 6.07) is 3.84. The van der Waals surface area contributed by atoms with Crippen molar-refractivity contribution >= 4 is 0 Å². The predicted octanol–water partition coefficient (Wildman–Crippen LogP) is 2.40. The molecular formula is C13H23N3O. The molecule has 0 aliphatic rings. The van der Waals surface area contributed by atoms with E-state index in [1.165, 1.54) is 0 Å². The van der Waals surface area contributed by atoms with Crippen LogP contribution in [0.25, 0.3) is 0 Å². The Bertz CT molecular complexity index is 311. The smallest absolute Gasteiger partial charge is 0.233 e. The van der Waals surface area contributed by atoms with E-state index in [-0.39, 0.29) is 6.10 Å². The Morgan fingerprint density at radius 2 is 2.00 bits per heavy atom. The first kappa shape index (κ1) is 13.9. The minimum atomic E-state index is 0.161. The minimum Gasteiger partial charge on any atom is -0.473 e. The maximum Gasteiger partial charge on any atom is 0.233 e. The fraction of sp³-hybridized carbons (Fsp3) is 0.692. The fourth-order valence-electron chi connectivity index (χ4n) is 1.22. The molecule has 1 aromatic rings. The second-order valence-corrected chi connectivity index (χ2v) is 4.61. The number of hydrogen-bond donors (Lipinski definition) is 1. The predicted molar refractivity (Wildman–Crippen MR) is 69.0 cm³/mol. The van der Waals surface area contributed by atoms with Gasteiger partial charge in [-0.05, 0) is 31.9 Å². The number of rotatable bonds is 7. The minimum absolute atomic E-state index is 0.161. The van der Waals surface area contributed by atoms with Crippen LogP contribution in [-0.4, -0.2) is 22.8 Å². The van der Waals surface area contributed by atoms with Gasteiger partial charge in [-0.3, -0.25) is 0 Å². The first-order valence-corrected chi connectivity index (χ1v) is 6.33. The zero-order chi connectivity index (χ0) is 12.7. The van der Waals surface area contributed by atoms with Crippen LogP contribution in [0.2, 0.25) is 0 Å². The maximum atomic E-state index is 5.66. The van der Waals surface area contributed by atoms with Crippen molar-refractivity contribution in [3.05, 3.63) is 17.8 Å². The van der Waals surface area contributed by atoms with E-state index in [1.807, 2.05) is 19.1 Å². The molecule has 0 fully saturated rings. The molecule has 0 saturated heterocycles. The van der Waals surface area contributed by atoms with Crippen LogP contribution in [0.15, 0.2) is 12.1 Å². The zero-order valence-electron chi connectivity index (χ0n) is 11.2. The lowest BCUT2D eigenvalue weighted by atomic mass is 10.1. The third-order valence-corrected chi connectivity index (χ3v) is 2.67. The summed E-state index contributed by atoms with van der Waals surface area (Å²) in [6.07, 6.45) is 1.29. The molecule has 0 saturated carbocycles. The summed E-state index contributed by atoms with van der Waals surface area (Å²) in [7, 11) is 0. The van der Waals surface area contributed by atoms with E-state index in [0.717, 1.165) is 25.2 Å². The normalized spacial score (nSPS) is 12.8. The van der Waals surface area contributed by atoms with E-state index >= 15 is 0 Å². The van der Waals surface area contributed by atoms with Gasteiger partial charge in [0.2, 0.25) is 5.88 Å². The first-order valence-electron chi connectivity index (χ1n) is 6.33. The van der Waals surface area contributed by atoms with Crippen molar-refractivity contribution in [2.75, 3.05) is 6.54 Å². The van der Waals surface area contributed by atoms with Gasteiger partial charge in [0.1, 0.15) is 0 Å². The molecule has 1 aromatic heterocycles. The summed E-state index contributed by atoms with van der Waals surface area (Å²) in [5, 5.41) is 11.5. The van der Waals surface area contributed by atoms with Crippen LogP contribution < -0.4 is 10.1 Å². The van der Waals surface area contributed by atoms with Crippen LogP contribution in [0, 0.1) is 5.92 Å². The quantitative estimate of drug-likeness (QED) is 0.740. The molecule has 0 aromatic carbocycles. The summed E-state index contributed by atoms with van der Waals surface area (Å²) in [4.78, 5) is 0. The van der Waals surface area contributed by atoms with Gasteiger partial charge < -0.3 is 10.1 Å². The van der Waals surface area contributed by atoms with E-state index in [9.17, 15) is 0 Å². The third-order valence-electron chi connectivity index (χ3n) is 2.67. The van der Waals surface area contributed by atoms with Crippen molar-refractivity contribution in [1.29, 1.82) is 0 Å². The SMILES string of the molecule is CCCNCc1ccc(OC(C)C(C)C)nn1. The fourth-order valence-corrected chi connectivity index (χ4v) is 1.22. The standard InChI is InChI=1S/C13H23N3O/c1-5-8-14-9-12-6-7-13(16-15-12)17-11(4)10(2)3/h6-7,10-11,14H,5,8-9H2,1-4H3. The topological polar surface area (TPSA) is 47.0 Å². The molecule has 1 heterocycles. The molecule has 4 nitrogen and oxygen atoms in total. The van der Waals surface area contributed by atoms with Gasteiger partial charge in [0, 0.05) is 12.6 Å². The first-order chi connectivity index (χ1) is 8.13. The lowest BCUT2D eigenvalue weighted by Gasteiger charge is -2.16. The van der Waals surface area contributed by atoms with Crippen molar-refractivity contribution in [3.8, 4) is 5.88 Å². The summed E-state index contributed by atoms with van der Waals surface area (Å²) < 4.78 is 5.66. The lowest BCUT2D eigenvalue weighted by Crippen LogP contribution is -2.20. The molecule has 0 radical (unpaired) electrons. The van der Waals surface area contributed by atoms with E-state index in [2.05, 4.69) is 36.3 Å². The molecule has 1 rings (SSSR count). The highest BCUT2D eigenvalue weighted by Gasteiger charge is 2.09. The zero-order valence-corrected chi connectivity index (χ0v) is 11.2. The number of hydrogen-bond acceptors (Lipinski definition) is 4. The summed E-state index contributed by atoms with van der Waals surface area (Å²) in [6.45, 7) is 10.2. The van der Waals surface area contributed by atoms with Gasteiger partial charge in [-0.1, -0.05) is 20.8 Å². The molecule has 0 amide bonds. The molecule has 0 spiro atoms. The van der Waals surface area contributed by atoms with Crippen molar-refractivity contribution in [1.82, 2.24) is 15.5 Å². The number of nitrogens with one attached hydrogen (secondary N) is 1. The Hall–Kier alpha value is -1.16. The highest BCUT2D eigenvalue weighted by Crippen LogP contribution is 2.11. The Morgan fingerprint density at radius 3 is 2.53 bits per heavy atom. The number of ether oxygens (including phenoxy) is 1. The molecular weight excluding hydrogens is 214 g/mol. The van der Waals surface area contributed by atoms with Crippen LogP contribution >= 0.6 is 0 Å². The summed E-state index contributed by atoms with van der Waals surface area (Å²) in [5.41, 5.74) is 0.947. The van der Waals surface area contributed by atoms with Gasteiger partial charge in [-0.25, -0.2) is 0 Å². The van der Waals surface area contributed by atoms with Crippen molar-refractivity contribution in [3.63, 3.8) is 0 Å². The molecule has 1 unspecified atom stereocenters. The molecule has 17 heavy (non-hydrogen) atoms. The Balaban J connectivity index is 2.44. The van der Waals surface area contributed by atoms with Gasteiger partial charge in [-0.15, -0.1) is 5.10 Å². The highest BCUT2D eigenvalue weighted by molar-refractivity contribution is 5.11. The van der Waals surface area contributed by atoms with E-state index in [4.69, 9.17) is 4.74 Å². The van der Waals surface area contributed by atoms with Gasteiger partial charge in [0.15, 0.2) is 0 Å². The van der Waals surface area contributed by atoms with Crippen molar-refractivity contribution in [2.45, 2.75) is 46.8 Å². The molecule has 0 aliphatic carbocycles. The van der Waals surface area contributed by atoms with Gasteiger partial charge in [-0.2, -0.15) is 5.10 Å². The average molecular weight is 237 g/mol. The molecule has 1 N–H and O–H groups in total. The van der Waals surface area contributed by atoms with Crippen LogP contribution in [0.1, 0.15) is 39.8 Å². The molecule has 0 aliphatic heterocycles. The third kappa shape index (κ3) is 5.13. The Kier molecular flexibility index (Phi) is 5.91. The van der Waals surface area contributed by atoms with Gasteiger partial charge >= 0.3 is 0 Å². The van der Waals surface area contributed by atoms with Gasteiger partial charge in [0.05, 0.1) is 11.8 Å². The van der Waals surface area contributed by atoms with E-state index in [1.54, 1.807) is 0 Å². The van der Waals surface area contributed by atoms with Crippen LogP contribution in [0.3, 0.4) is 0 Å². The maximum absolute atomic E-state index is 5.66. The summed E-state index contributed by atoms with van der Waals surface area (Å²) >= 11 is 0. The van der Waals surface area contributed by atoms with E-state index in [0.29, 0.717) is 11.8 Å². The molecule has 1 atom stereocenters. The highest BCUT2D eigenvalue weighted by atomic mass is 16.5. The van der Waals surface area contributed by atoms with Crippen molar-refractivity contribution in [2.24, 2.45) is 5.92 Å². The largest absolute Gasteiger partial charge is 0.473 e. The van der Waals surface area contributed by atoms with Crippen LogP contribution in [-0.2, 0) is 6.54 Å². The second kappa shape index (κ2) is 7.22. The monoisotopic (exact) mass is 237 g/mol. The average Bonchev–Trinajstić information content (AvgIpc) is 2.31. The van der Waals surface area contributed by atoms with Gasteiger partial charge in [0.25, 0.3) is 0 Å². The number of aromatic nitrogens is 2. The Morgan fingerprint density at radius 1 is 1.24 bits per heavy atom. The lowest BCUT2D eigenvalue weighted by molar-refractivity contribution is 0.161. The van der Waals surface area contributed by atoms with Crippen molar-refractivity contribution < 1.29 is 4.74 Å². The number of nitrogens with zero attached hydrogens (tertiary/aromatic N) is 2. The molecule has 0 bridgehead atoms. The summed E-state index contributed by atoms with van der Waals surface area (Å²) in [5.74, 6) is 1.08. The van der Waals surface area contributed by atoms with Crippen LogP contribution in [0.5, 0.6) is 5.88 Å².